The lowest BCUT2D eigenvalue weighted by atomic mass is 10.1. The molecule has 0 bridgehead atoms. The zero-order valence-electron chi connectivity index (χ0n) is 14.1. The highest BCUT2D eigenvalue weighted by Crippen LogP contribution is 2.16. The summed E-state index contributed by atoms with van der Waals surface area (Å²) in [6.07, 6.45) is 0. The molecule has 0 spiro atoms. The summed E-state index contributed by atoms with van der Waals surface area (Å²) in [7, 11) is 0. The maximum absolute atomic E-state index is 13.1. The smallest absolute Gasteiger partial charge is 0.250 e. The molecule has 0 aliphatic rings. The summed E-state index contributed by atoms with van der Waals surface area (Å²) in [6, 6.07) is 13.6. The Kier molecular flexibility index (Phi) is 4.83. The van der Waals surface area contributed by atoms with Gasteiger partial charge in [-0.05, 0) is 43.3 Å². The molecule has 0 radical (unpaired) electrons. The average molecular weight is 339 g/mol. The van der Waals surface area contributed by atoms with Crippen molar-refractivity contribution in [1.29, 1.82) is 0 Å². The van der Waals surface area contributed by atoms with Gasteiger partial charge in [-0.1, -0.05) is 29.8 Å². The number of tetrazole rings is 1. The zero-order chi connectivity index (χ0) is 17.8. The number of carbonyl (C=O) groups is 1. The third-order valence-electron chi connectivity index (χ3n) is 3.79. The van der Waals surface area contributed by atoms with E-state index >= 15 is 0 Å². The standard InChI is InChI=1S/C18H18FN5O/c1-3-23(16-10-8-15(19)9-11-16)17(25)12-24-21-18(20-22-24)14-6-4-13(2)5-7-14/h4-11H,3,12H2,1-2H3. The molecule has 0 saturated carbocycles. The number of carbonyl (C=O) groups excluding carboxylic acids is 1. The third-order valence-corrected chi connectivity index (χ3v) is 3.79. The fourth-order valence-electron chi connectivity index (χ4n) is 2.46. The first-order valence-corrected chi connectivity index (χ1v) is 7.97. The Morgan fingerprint density at radius 3 is 2.44 bits per heavy atom. The van der Waals surface area contributed by atoms with Crippen molar-refractivity contribution in [3.63, 3.8) is 0 Å². The van der Waals surface area contributed by atoms with E-state index in [4.69, 9.17) is 0 Å². The van der Waals surface area contributed by atoms with Crippen molar-refractivity contribution >= 4 is 11.6 Å². The number of anilines is 1. The number of halogens is 1. The first kappa shape index (κ1) is 16.8. The van der Waals surface area contributed by atoms with E-state index in [1.165, 1.54) is 16.9 Å². The normalized spacial score (nSPS) is 10.7. The molecule has 0 fully saturated rings. The van der Waals surface area contributed by atoms with Crippen molar-refractivity contribution in [3.05, 3.63) is 59.9 Å². The van der Waals surface area contributed by atoms with Crippen molar-refractivity contribution in [2.75, 3.05) is 11.4 Å². The van der Waals surface area contributed by atoms with E-state index in [2.05, 4.69) is 15.4 Å². The molecule has 0 aliphatic carbocycles. The Balaban J connectivity index is 1.74. The summed E-state index contributed by atoms with van der Waals surface area (Å²) in [6.45, 7) is 4.28. The predicted octanol–water partition coefficient (Wildman–Crippen LogP) is 2.84. The molecule has 1 aromatic heterocycles. The largest absolute Gasteiger partial charge is 0.311 e. The second-order valence-electron chi connectivity index (χ2n) is 5.62. The predicted molar refractivity (Wildman–Crippen MR) is 92.4 cm³/mol. The van der Waals surface area contributed by atoms with E-state index in [0.29, 0.717) is 18.1 Å². The first-order chi connectivity index (χ1) is 12.1. The fourth-order valence-corrected chi connectivity index (χ4v) is 2.46. The maximum atomic E-state index is 13.1. The van der Waals surface area contributed by atoms with E-state index in [1.54, 1.807) is 17.0 Å². The summed E-state index contributed by atoms with van der Waals surface area (Å²) < 4.78 is 13.1. The van der Waals surface area contributed by atoms with Crippen LogP contribution in [0.3, 0.4) is 0 Å². The lowest BCUT2D eigenvalue weighted by Crippen LogP contribution is -2.34. The Labute approximate surface area is 144 Å². The first-order valence-electron chi connectivity index (χ1n) is 7.97. The van der Waals surface area contributed by atoms with E-state index < -0.39 is 0 Å². The lowest BCUT2D eigenvalue weighted by molar-refractivity contribution is -0.119. The second kappa shape index (κ2) is 7.21. The molecule has 0 unspecified atom stereocenters. The molecular formula is C18H18FN5O. The van der Waals surface area contributed by atoms with Crippen molar-refractivity contribution < 1.29 is 9.18 Å². The van der Waals surface area contributed by atoms with Gasteiger partial charge in [-0.15, -0.1) is 10.2 Å². The highest BCUT2D eigenvalue weighted by atomic mass is 19.1. The Hall–Kier alpha value is -3.09. The lowest BCUT2D eigenvalue weighted by Gasteiger charge is -2.20. The molecule has 25 heavy (non-hydrogen) atoms. The van der Waals surface area contributed by atoms with Crippen LogP contribution in [-0.2, 0) is 11.3 Å². The van der Waals surface area contributed by atoms with Gasteiger partial charge in [0.2, 0.25) is 5.82 Å². The molecule has 0 saturated heterocycles. The summed E-state index contributed by atoms with van der Waals surface area (Å²) in [5, 5.41) is 12.2. The van der Waals surface area contributed by atoms with Crippen LogP contribution >= 0.6 is 0 Å². The minimum Gasteiger partial charge on any atom is -0.311 e. The topological polar surface area (TPSA) is 63.9 Å². The summed E-state index contributed by atoms with van der Waals surface area (Å²) in [5.41, 5.74) is 2.62. The van der Waals surface area contributed by atoms with Crippen LogP contribution in [0.2, 0.25) is 0 Å². The Bertz CT molecular complexity index is 858. The van der Waals surface area contributed by atoms with Gasteiger partial charge in [-0.25, -0.2) is 4.39 Å². The number of likely N-dealkylation sites (N-methyl/N-ethyl adjacent to an activating group) is 1. The van der Waals surface area contributed by atoms with Gasteiger partial charge in [0.25, 0.3) is 5.91 Å². The van der Waals surface area contributed by atoms with Gasteiger partial charge in [-0.2, -0.15) is 4.80 Å². The minimum atomic E-state index is -0.340. The summed E-state index contributed by atoms with van der Waals surface area (Å²) in [5.74, 6) is -0.0625. The van der Waals surface area contributed by atoms with Crippen LogP contribution in [0, 0.1) is 12.7 Å². The molecule has 6 nitrogen and oxygen atoms in total. The molecule has 3 aromatic rings. The van der Waals surface area contributed by atoms with Gasteiger partial charge in [0.1, 0.15) is 12.4 Å². The highest BCUT2D eigenvalue weighted by Gasteiger charge is 2.16. The van der Waals surface area contributed by atoms with Gasteiger partial charge < -0.3 is 4.90 Å². The molecule has 1 amide bonds. The number of hydrogen-bond acceptors (Lipinski definition) is 4. The number of rotatable bonds is 5. The molecule has 7 heteroatoms. The fraction of sp³-hybridized carbons (Fsp3) is 0.222. The van der Waals surface area contributed by atoms with Gasteiger partial charge >= 0.3 is 0 Å². The van der Waals surface area contributed by atoms with E-state index in [9.17, 15) is 9.18 Å². The van der Waals surface area contributed by atoms with E-state index in [1.807, 2.05) is 38.1 Å². The minimum absolute atomic E-state index is 0.0376. The Morgan fingerprint density at radius 1 is 1.12 bits per heavy atom. The zero-order valence-corrected chi connectivity index (χ0v) is 14.1. The van der Waals surface area contributed by atoms with Gasteiger partial charge in [0.15, 0.2) is 0 Å². The summed E-state index contributed by atoms with van der Waals surface area (Å²) >= 11 is 0. The van der Waals surface area contributed by atoms with Crippen LogP contribution < -0.4 is 4.90 Å². The van der Waals surface area contributed by atoms with Crippen LogP contribution in [0.25, 0.3) is 11.4 Å². The van der Waals surface area contributed by atoms with Crippen LogP contribution in [0.5, 0.6) is 0 Å². The van der Waals surface area contributed by atoms with Crippen LogP contribution in [0.15, 0.2) is 48.5 Å². The summed E-state index contributed by atoms with van der Waals surface area (Å²) in [4.78, 5) is 15.3. The van der Waals surface area contributed by atoms with Crippen LogP contribution in [0.1, 0.15) is 12.5 Å². The molecule has 0 aliphatic heterocycles. The SMILES string of the molecule is CCN(C(=O)Cn1nnc(-c2ccc(C)cc2)n1)c1ccc(F)cc1. The third kappa shape index (κ3) is 3.88. The molecule has 0 atom stereocenters. The molecule has 3 rings (SSSR count). The number of benzene rings is 2. The average Bonchev–Trinajstić information content (AvgIpc) is 3.06. The van der Waals surface area contributed by atoms with Gasteiger partial charge in [0.05, 0.1) is 0 Å². The second-order valence-corrected chi connectivity index (χ2v) is 5.62. The number of aromatic nitrogens is 4. The monoisotopic (exact) mass is 339 g/mol. The molecular weight excluding hydrogens is 321 g/mol. The van der Waals surface area contributed by atoms with E-state index in [-0.39, 0.29) is 18.3 Å². The highest BCUT2D eigenvalue weighted by molar-refractivity contribution is 5.92. The molecule has 0 N–H and O–H groups in total. The molecule has 128 valence electrons. The van der Waals surface area contributed by atoms with Gasteiger partial charge in [0, 0.05) is 17.8 Å². The molecule has 1 heterocycles. The molecule has 2 aromatic carbocycles. The van der Waals surface area contributed by atoms with Gasteiger partial charge in [-0.3, -0.25) is 4.79 Å². The maximum Gasteiger partial charge on any atom is 0.250 e. The van der Waals surface area contributed by atoms with Crippen molar-refractivity contribution in [2.45, 2.75) is 20.4 Å². The quantitative estimate of drug-likeness (QED) is 0.717. The Morgan fingerprint density at radius 2 is 1.80 bits per heavy atom. The van der Waals surface area contributed by atoms with E-state index in [0.717, 1.165) is 11.1 Å². The van der Waals surface area contributed by atoms with Crippen molar-refractivity contribution in [3.8, 4) is 11.4 Å². The number of nitrogens with zero attached hydrogens (tertiary/aromatic N) is 5. The van der Waals surface area contributed by atoms with Crippen molar-refractivity contribution in [1.82, 2.24) is 20.2 Å². The van der Waals surface area contributed by atoms with Crippen LogP contribution in [-0.4, -0.2) is 32.7 Å². The van der Waals surface area contributed by atoms with Crippen molar-refractivity contribution in [2.24, 2.45) is 0 Å². The number of aryl methyl sites for hydroxylation is 1. The number of hydrogen-bond donors (Lipinski definition) is 0. The number of amides is 1. The van der Waals surface area contributed by atoms with Crippen LogP contribution in [0.4, 0.5) is 10.1 Å².